The van der Waals surface area contributed by atoms with Crippen LogP contribution in [0.25, 0.3) is 0 Å². The van der Waals surface area contributed by atoms with Gasteiger partial charge in [-0.05, 0) is 17.7 Å². The maximum absolute atomic E-state index is 8.48. The zero-order valence-electron chi connectivity index (χ0n) is 7.66. The Morgan fingerprint density at radius 2 is 2.36 bits per heavy atom. The Bertz CT molecular complexity index is 368. The highest BCUT2D eigenvalue weighted by Crippen LogP contribution is 2.25. The normalized spacial score (nSPS) is 9.14. The molecule has 0 N–H and O–H groups in total. The van der Waals surface area contributed by atoms with Crippen molar-refractivity contribution in [2.45, 2.75) is 6.42 Å². The first kappa shape index (κ1) is 10.6. The molecule has 1 aromatic rings. The number of nitriles is 1. The Kier molecular flexibility index (Phi) is 4.03. The van der Waals surface area contributed by atoms with Gasteiger partial charge in [-0.1, -0.05) is 30.3 Å². The summed E-state index contributed by atoms with van der Waals surface area (Å²) in [5.41, 5.74) is 0.892. The molecule has 0 aliphatic carbocycles. The lowest BCUT2D eigenvalue weighted by Crippen LogP contribution is -1.94. The molecule has 0 aromatic heterocycles. The van der Waals surface area contributed by atoms with Crippen LogP contribution in [0.1, 0.15) is 5.56 Å². The van der Waals surface area contributed by atoms with E-state index in [9.17, 15) is 0 Å². The SMILES string of the molecule is C=CCOc1ccc(CC#N)cc1Cl. The Morgan fingerprint density at radius 1 is 1.57 bits per heavy atom. The van der Waals surface area contributed by atoms with Gasteiger partial charge < -0.3 is 4.74 Å². The van der Waals surface area contributed by atoms with E-state index in [4.69, 9.17) is 21.6 Å². The van der Waals surface area contributed by atoms with Crippen LogP contribution in [0.15, 0.2) is 30.9 Å². The summed E-state index contributed by atoms with van der Waals surface area (Å²) in [7, 11) is 0. The molecule has 0 spiro atoms. The second-order valence-electron chi connectivity index (χ2n) is 2.70. The zero-order valence-corrected chi connectivity index (χ0v) is 8.42. The maximum Gasteiger partial charge on any atom is 0.138 e. The van der Waals surface area contributed by atoms with Crippen LogP contribution in [-0.2, 0) is 6.42 Å². The van der Waals surface area contributed by atoms with E-state index in [1.165, 1.54) is 0 Å². The molecule has 1 aromatic carbocycles. The zero-order chi connectivity index (χ0) is 10.4. The van der Waals surface area contributed by atoms with Crippen LogP contribution in [0.5, 0.6) is 5.75 Å². The van der Waals surface area contributed by atoms with Crippen LogP contribution >= 0.6 is 11.6 Å². The molecule has 72 valence electrons. The van der Waals surface area contributed by atoms with Crippen molar-refractivity contribution in [3.63, 3.8) is 0 Å². The first-order chi connectivity index (χ1) is 6.77. The third-order valence-corrected chi connectivity index (χ3v) is 1.93. The van der Waals surface area contributed by atoms with Crippen molar-refractivity contribution < 1.29 is 4.74 Å². The van der Waals surface area contributed by atoms with Gasteiger partial charge >= 0.3 is 0 Å². The summed E-state index contributed by atoms with van der Waals surface area (Å²) in [6, 6.07) is 7.39. The highest BCUT2D eigenvalue weighted by molar-refractivity contribution is 6.32. The number of hydrogen-bond donors (Lipinski definition) is 0. The van der Waals surface area contributed by atoms with Crippen LogP contribution in [0.4, 0.5) is 0 Å². The van der Waals surface area contributed by atoms with Crippen LogP contribution in [-0.4, -0.2) is 6.61 Å². The van der Waals surface area contributed by atoms with Gasteiger partial charge in [-0.25, -0.2) is 0 Å². The standard InChI is InChI=1S/C11H10ClNO/c1-2-7-14-11-4-3-9(5-6-13)8-10(11)12/h2-4,8H,1,5,7H2. The molecule has 0 atom stereocenters. The minimum absolute atomic E-state index is 0.363. The number of ether oxygens (including phenoxy) is 1. The highest BCUT2D eigenvalue weighted by Gasteiger charge is 2.01. The molecule has 0 saturated heterocycles. The molecule has 0 amide bonds. The van der Waals surface area contributed by atoms with Crippen molar-refractivity contribution in [1.82, 2.24) is 0 Å². The fourth-order valence-electron chi connectivity index (χ4n) is 1.01. The number of rotatable bonds is 4. The molecule has 14 heavy (non-hydrogen) atoms. The second-order valence-corrected chi connectivity index (χ2v) is 3.11. The van der Waals surface area contributed by atoms with Gasteiger partial charge in [0.15, 0.2) is 0 Å². The Balaban J connectivity index is 2.79. The lowest BCUT2D eigenvalue weighted by Gasteiger charge is -2.06. The topological polar surface area (TPSA) is 33.0 Å². The molecular formula is C11H10ClNO. The van der Waals surface area contributed by atoms with Gasteiger partial charge in [0.2, 0.25) is 0 Å². The van der Waals surface area contributed by atoms with Crippen molar-refractivity contribution in [2.24, 2.45) is 0 Å². The predicted octanol–water partition coefficient (Wildman–Crippen LogP) is 2.97. The predicted molar refractivity (Wildman–Crippen MR) is 56.5 cm³/mol. The fraction of sp³-hybridized carbons (Fsp3) is 0.182. The van der Waals surface area contributed by atoms with Gasteiger partial charge in [0.1, 0.15) is 12.4 Å². The fourth-order valence-corrected chi connectivity index (χ4v) is 1.27. The third-order valence-electron chi connectivity index (χ3n) is 1.64. The second kappa shape index (κ2) is 5.31. The summed E-state index contributed by atoms with van der Waals surface area (Å²) < 4.78 is 5.29. The molecule has 0 radical (unpaired) electrons. The first-order valence-corrected chi connectivity index (χ1v) is 4.54. The summed E-state index contributed by atoms with van der Waals surface area (Å²) in [4.78, 5) is 0. The van der Waals surface area contributed by atoms with E-state index >= 15 is 0 Å². The summed E-state index contributed by atoms with van der Waals surface area (Å²) in [5.74, 6) is 0.619. The van der Waals surface area contributed by atoms with E-state index in [1.807, 2.05) is 6.07 Å². The minimum atomic E-state index is 0.363. The van der Waals surface area contributed by atoms with E-state index in [-0.39, 0.29) is 0 Å². The maximum atomic E-state index is 8.48. The summed E-state index contributed by atoms with van der Waals surface area (Å²) in [5, 5.41) is 9.01. The first-order valence-electron chi connectivity index (χ1n) is 4.17. The van der Waals surface area contributed by atoms with Gasteiger partial charge in [-0.2, -0.15) is 5.26 Å². The highest BCUT2D eigenvalue weighted by atomic mass is 35.5. The molecule has 0 aliphatic heterocycles. The molecule has 0 aliphatic rings. The van der Waals surface area contributed by atoms with Crippen LogP contribution in [0.3, 0.4) is 0 Å². The molecule has 0 saturated carbocycles. The van der Waals surface area contributed by atoms with E-state index in [0.717, 1.165) is 5.56 Å². The molecule has 1 rings (SSSR count). The van der Waals surface area contributed by atoms with Gasteiger partial charge in [0, 0.05) is 0 Å². The summed E-state index contributed by atoms with van der Waals surface area (Å²) >= 11 is 5.93. The lowest BCUT2D eigenvalue weighted by atomic mass is 10.2. The Hall–Kier alpha value is -1.46. The van der Waals surface area contributed by atoms with Crippen LogP contribution in [0.2, 0.25) is 5.02 Å². The van der Waals surface area contributed by atoms with Crippen molar-refractivity contribution >= 4 is 11.6 Å². The molecule has 3 heteroatoms. The van der Waals surface area contributed by atoms with Gasteiger partial charge in [-0.15, -0.1) is 0 Å². The number of benzene rings is 1. The number of halogens is 1. The quantitative estimate of drug-likeness (QED) is 0.712. The molecular weight excluding hydrogens is 198 g/mol. The van der Waals surface area contributed by atoms with Crippen molar-refractivity contribution in [2.75, 3.05) is 6.61 Å². The molecule has 2 nitrogen and oxygen atoms in total. The Labute approximate surface area is 88.4 Å². The summed E-state index contributed by atoms with van der Waals surface area (Å²) in [6.45, 7) is 3.97. The smallest absolute Gasteiger partial charge is 0.138 e. The van der Waals surface area contributed by atoms with Crippen LogP contribution < -0.4 is 4.74 Å². The average molecular weight is 208 g/mol. The third kappa shape index (κ3) is 2.79. The van der Waals surface area contributed by atoms with E-state index in [1.54, 1.807) is 18.2 Å². The molecule has 0 unspecified atom stereocenters. The molecule has 0 heterocycles. The van der Waals surface area contributed by atoms with Gasteiger partial charge in [0.05, 0.1) is 17.5 Å². The minimum Gasteiger partial charge on any atom is -0.488 e. The van der Waals surface area contributed by atoms with E-state index in [0.29, 0.717) is 23.8 Å². The van der Waals surface area contributed by atoms with Crippen molar-refractivity contribution in [3.05, 3.63) is 41.4 Å². The van der Waals surface area contributed by atoms with E-state index < -0.39 is 0 Å². The summed E-state index contributed by atoms with van der Waals surface area (Å²) in [6.07, 6.45) is 2.01. The van der Waals surface area contributed by atoms with Gasteiger partial charge in [-0.3, -0.25) is 0 Å². The Morgan fingerprint density at radius 3 is 2.93 bits per heavy atom. The van der Waals surface area contributed by atoms with Crippen molar-refractivity contribution in [1.29, 1.82) is 5.26 Å². The lowest BCUT2D eigenvalue weighted by molar-refractivity contribution is 0.363. The van der Waals surface area contributed by atoms with E-state index in [2.05, 4.69) is 12.6 Å². The monoisotopic (exact) mass is 207 g/mol. The van der Waals surface area contributed by atoms with Crippen LogP contribution in [0, 0.1) is 11.3 Å². The van der Waals surface area contributed by atoms with Crippen molar-refractivity contribution in [3.8, 4) is 11.8 Å². The van der Waals surface area contributed by atoms with Gasteiger partial charge in [0.25, 0.3) is 0 Å². The molecule has 0 fully saturated rings. The molecule has 0 bridgehead atoms. The number of hydrogen-bond acceptors (Lipinski definition) is 2. The number of nitrogens with zero attached hydrogens (tertiary/aromatic N) is 1. The average Bonchev–Trinajstić information content (AvgIpc) is 2.17. The largest absolute Gasteiger partial charge is 0.488 e.